The zero-order chi connectivity index (χ0) is 25.7. The minimum Gasteiger partial charge on any atom is -0.493 e. The van der Waals surface area contributed by atoms with Crippen LogP contribution in [-0.2, 0) is 0 Å². The Hall–Kier alpha value is -1.66. The Bertz CT molecular complexity index is 953. The van der Waals surface area contributed by atoms with Crippen molar-refractivity contribution < 1.29 is 24.9 Å². The summed E-state index contributed by atoms with van der Waals surface area (Å²) >= 11 is 0. The molecular weight excluding hydrogens is 454 g/mol. The molecule has 10 atom stereocenters. The molecule has 4 aliphatic carbocycles. The van der Waals surface area contributed by atoms with Crippen LogP contribution in [0.5, 0.6) is 5.75 Å². The van der Waals surface area contributed by atoms with Gasteiger partial charge in [-0.05, 0) is 110 Å². The van der Waals surface area contributed by atoms with Gasteiger partial charge in [0, 0.05) is 12.3 Å². The molecule has 3 N–H and O–H groups in total. The van der Waals surface area contributed by atoms with Crippen LogP contribution in [0.15, 0.2) is 18.3 Å². The standard InChI is InChI=1S/C30H45NO5/c1-4-21-24-16-19(32)9-12-30(24,3)23-10-13-29(2)18(7-8-22(29)26(23)27(21)33)6-5-15-36-20-11-14-31-25(17-20)28(34)35/h11,14,17-19,21-24,26-27,32-33H,4-10,12-13,15-16H2,1-3H3,(H,34,35)/t18-,19+,21+,22-,23-,24-,26-,27+,29+,30+/m0/s1. The third-order valence-corrected chi connectivity index (χ3v) is 11.5. The van der Waals surface area contributed by atoms with Crippen LogP contribution in [0.4, 0.5) is 0 Å². The van der Waals surface area contributed by atoms with Gasteiger partial charge < -0.3 is 20.1 Å². The van der Waals surface area contributed by atoms with Gasteiger partial charge in [0.25, 0.3) is 0 Å². The van der Waals surface area contributed by atoms with Crippen molar-refractivity contribution in [2.45, 2.75) is 97.2 Å². The predicted octanol–water partition coefficient (Wildman–Crippen LogP) is 5.57. The van der Waals surface area contributed by atoms with Gasteiger partial charge in [-0.1, -0.05) is 27.2 Å². The molecular formula is C30H45NO5. The number of hydrogen-bond donors (Lipinski definition) is 3. The number of aromatic nitrogens is 1. The van der Waals surface area contributed by atoms with E-state index < -0.39 is 5.97 Å². The quantitative estimate of drug-likeness (QED) is 0.425. The average Bonchev–Trinajstić information content (AvgIpc) is 3.19. The topological polar surface area (TPSA) is 99.9 Å². The highest BCUT2D eigenvalue weighted by molar-refractivity contribution is 5.85. The van der Waals surface area contributed by atoms with Gasteiger partial charge in [-0.2, -0.15) is 0 Å². The maximum absolute atomic E-state index is 11.8. The van der Waals surface area contributed by atoms with Gasteiger partial charge >= 0.3 is 5.97 Å². The number of carboxylic acids is 1. The van der Waals surface area contributed by atoms with Crippen LogP contribution < -0.4 is 4.74 Å². The molecule has 0 unspecified atom stereocenters. The summed E-state index contributed by atoms with van der Waals surface area (Å²) in [4.78, 5) is 15.0. The Balaban J connectivity index is 1.25. The van der Waals surface area contributed by atoms with Gasteiger partial charge in [0.15, 0.2) is 5.69 Å². The highest BCUT2D eigenvalue weighted by atomic mass is 16.5. The van der Waals surface area contributed by atoms with Crippen molar-refractivity contribution in [2.75, 3.05) is 6.61 Å². The molecule has 0 spiro atoms. The number of aromatic carboxylic acids is 1. The number of carboxylic acid groups (broad SMARTS) is 1. The summed E-state index contributed by atoms with van der Waals surface area (Å²) in [5.41, 5.74) is 0.525. The van der Waals surface area contributed by atoms with Crippen LogP contribution in [0.2, 0.25) is 0 Å². The van der Waals surface area contributed by atoms with Crippen LogP contribution in [0, 0.1) is 46.3 Å². The fourth-order valence-corrected chi connectivity index (χ4v) is 9.68. The van der Waals surface area contributed by atoms with Gasteiger partial charge in [-0.25, -0.2) is 9.78 Å². The second-order valence-electron chi connectivity index (χ2n) is 12.9. The molecule has 4 aliphatic rings. The number of aliphatic hydroxyl groups is 2. The summed E-state index contributed by atoms with van der Waals surface area (Å²) in [5.74, 6) is 2.45. The molecule has 6 heteroatoms. The van der Waals surface area contributed by atoms with E-state index in [-0.39, 0.29) is 28.7 Å². The minimum absolute atomic E-state index is 0.00948. The van der Waals surface area contributed by atoms with E-state index in [0.717, 1.165) is 38.5 Å². The zero-order valence-electron chi connectivity index (χ0n) is 22.2. The van der Waals surface area contributed by atoms with Crippen molar-refractivity contribution in [3.63, 3.8) is 0 Å². The highest BCUT2D eigenvalue weighted by Crippen LogP contribution is 2.69. The van der Waals surface area contributed by atoms with E-state index in [1.54, 1.807) is 6.07 Å². The highest BCUT2D eigenvalue weighted by Gasteiger charge is 2.64. The summed E-state index contributed by atoms with van der Waals surface area (Å²) < 4.78 is 5.87. The molecule has 4 saturated carbocycles. The van der Waals surface area contributed by atoms with Crippen molar-refractivity contribution in [3.05, 3.63) is 24.0 Å². The monoisotopic (exact) mass is 499 g/mol. The van der Waals surface area contributed by atoms with Crippen molar-refractivity contribution in [1.82, 2.24) is 4.98 Å². The summed E-state index contributed by atoms with van der Waals surface area (Å²) in [6.07, 6.45) is 11.9. The number of carbonyl (C=O) groups is 1. The Morgan fingerprint density at radius 2 is 1.83 bits per heavy atom. The van der Waals surface area contributed by atoms with E-state index in [0.29, 0.717) is 47.9 Å². The Morgan fingerprint density at radius 1 is 1.08 bits per heavy atom. The largest absolute Gasteiger partial charge is 0.493 e. The lowest BCUT2D eigenvalue weighted by molar-refractivity contribution is -0.202. The van der Waals surface area contributed by atoms with Crippen LogP contribution >= 0.6 is 0 Å². The van der Waals surface area contributed by atoms with Crippen molar-refractivity contribution in [3.8, 4) is 5.75 Å². The molecule has 0 bridgehead atoms. The van der Waals surface area contributed by atoms with Crippen LogP contribution in [0.1, 0.15) is 95.5 Å². The Labute approximate surface area is 215 Å². The number of rotatable bonds is 7. The number of nitrogens with zero attached hydrogens (tertiary/aromatic N) is 1. The van der Waals surface area contributed by atoms with Crippen LogP contribution in [0.3, 0.4) is 0 Å². The Kier molecular flexibility index (Phi) is 7.14. The summed E-state index contributed by atoms with van der Waals surface area (Å²) in [7, 11) is 0. The van der Waals surface area contributed by atoms with E-state index in [1.807, 2.05) is 0 Å². The molecule has 4 fully saturated rings. The number of hydrogen-bond acceptors (Lipinski definition) is 5. The first-order valence-electron chi connectivity index (χ1n) is 14.4. The minimum atomic E-state index is -1.04. The molecule has 36 heavy (non-hydrogen) atoms. The Morgan fingerprint density at radius 3 is 2.58 bits per heavy atom. The van der Waals surface area contributed by atoms with E-state index >= 15 is 0 Å². The van der Waals surface area contributed by atoms with E-state index in [1.165, 1.54) is 37.9 Å². The van der Waals surface area contributed by atoms with Gasteiger partial charge in [-0.3, -0.25) is 0 Å². The number of ether oxygens (including phenoxy) is 1. The number of fused-ring (bicyclic) bond motifs is 5. The first kappa shape index (κ1) is 26.0. The fraction of sp³-hybridized carbons (Fsp3) is 0.800. The van der Waals surface area contributed by atoms with Gasteiger partial charge in [-0.15, -0.1) is 0 Å². The molecule has 1 aromatic rings. The van der Waals surface area contributed by atoms with Gasteiger partial charge in [0.1, 0.15) is 5.75 Å². The number of aliphatic hydroxyl groups excluding tert-OH is 2. The van der Waals surface area contributed by atoms with Crippen molar-refractivity contribution >= 4 is 5.97 Å². The predicted molar refractivity (Wildman–Crippen MR) is 138 cm³/mol. The molecule has 1 aromatic heterocycles. The van der Waals surface area contributed by atoms with Crippen LogP contribution in [0.25, 0.3) is 0 Å². The molecule has 0 aliphatic heterocycles. The zero-order valence-corrected chi connectivity index (χ0v) is 22.2. The lowest BCUT2D eigenvalue weighted by Crippen LogP contribution is -2.62. The molecule has 5 rings (SSSR count). The second kappa shape index (κ2) is 9.90. The summed E-state index contributed by atoms with van der Waals surface area (Å²) in [6.45, 7) is 7.81. The molecule has 6 nitrogen and oxygen atoms in total. The first-order valence-corrected chi connectivity index (χ1v) is 14.4. The second-order valence-corrected chi connectivity index (χ2v) is 12.9. The maximum atomic E-state index is 11.8. The summed E-state index contributed by atoms with van der Waals surface area (Å²) in [5, 5.41) is 31.4. The van der Waals surface area contributed by atoms with E-state index in [2.05, 4.69) is 25.8 Å². The van der Waals surface area contributed by atoms with E-state index in [9.17, 15) is 15.0 Å². The SMILES string of the molecule is CC[C@H]1[C@@H](O)[C@@H]2[C@H](CC[C@]3(C)[C@@H](CCCOc4ccnc(C(=O)O)c4)CC[C@@H]23)[C@@]2(C)CC[C@@H](O)C[C@@H]12. The molecule has 0 aromatic carbocycles. The smallest absolute Gasteiger partial charge is 0.354 e. The molecule has 200 valence electrons. The number of pyridine rings is 1. The van der Waals surface area contributed by atoms with Crippen LogP contribution in [-0.4, -0.2) is 45.1 Å². The van der Waals surface area contributed by atoms with Crippen molar-refractivity contribution in [1.29, 1.82) is 0 Å². The lowest BCUT2D eigenvalue weighted by Gasteiger charge is -2.64. The van der Waals surface area contributed by atoms with Gasteiger partial charge in [0.05, 0.1) is 18.8 Å². The van der Waals surface area contributed by atoms with Crippen molar-refractivity contribution in [2.24, 2.45) is 46.3 Å². The fourth-order valence-electron chi connectivity index (χ4n) is 9.68. The maximum Gasteiger partial charge on any atom is 0.354 e. The molecule has 0 saturated heterocycles. The molecule has 1 heterocycles. The molecule has 0 amide bonds. The average molecular weight is 500 g/mol. The van der Waals surface area contributed by atoms with Gasteiger partial charge in [0.2, 0.25) is 0 Å². The third kappa shape index (κ3) is 4.26. The normalized spacial score (nSPS) is 43.8. The third-order valence-electron chi connectivity index (χ3n) is 11.5. The molecule has 0 radical (unpaired) electrons. The lowest BCUT2D eigenvalue weighted by atomic mass is 9.41. The van der Waals surface area contributed by atoms with E-state index in [4.69, 9.17) is 9.84 Å². The summed E-state index contributed by atoms with van der Waals surface area (Å²) in [6, 6.07) is 3.20. The first-order chi connectivity index (χ1) is 17.2.